The van der Waals surface area contributed by atoms with Crippen molar-refractivity contribution < 1.29 is 9.53 Å². The first-order chi connectivity index (χ1) is 6.63. The minimum absolute atomic E-state index is 0.191. The molecule has 80 valence electrons. The van der Waals surface area contributed by atoms with Gasteiger partial charge in [0.1, 0.15) is 0 Å². The molecule has 0 aliphatic heterocycles. The van der Waals surface area contributed by atoms with Gasteiger partial charge in [-0.25, -0.2) is 0 Å². The maximum atomic E-state index is 11.1. The first kappa shape index (κ1) is 13.0. The topological polar surface area (TPSA) is 50.1 Å². The van der Waals surface area contributed by atoms with E-state index in [0.717, 1.165) is 12.8 Å². The lowest BCUT2D eigenvalue weighted by molar-refractivity contribution is -0.143. The fourth-order valence-electron chi connectivity index (χ4n) is 1.26. The Labute approximate surface area is 86.1 Å². The van der Waals surface area contributed by atoms with Crippen LogP contribution in [-0.4, -0.2) is 12.6 Å². The molecule has 0 N–H and O–H groups in total. The molecule has 0 spiro atoms. The van der Waals surface area contributed by atoms with Crippen molar-refractivity contribution in [1.29, 1.82) is 5.26 Å². The minimum Gasteiger partial charge on any atom is -0.466 e. The Morgan fingerprint density at radius 2 is 2.14 bits per heavy atom. The molecule has 0 aromatic heterocycles. The van der Waals surface area contributed by atoms with E-state index in [-0.39, 0.29) is 18.3 Å². The minimum atomic E-state index is -0.262. The van der Waals surface area contributed by atoms with Crippen molar-refractivity contribution in [3.05, 3.63) is 0 Å². The Morgan fingerprint density at radius 3 is 2.57 bits per heavy atom. The van der Waals surface area contributed by atoms with Crippen LogP contribution >= 0.6 is 0 Å². The lowest BCUT2D eigenvalue weighted by Crippen LogP contribution is -2.12. The molecule has 2 atom stereocenters. The number of ether oxygens (including phenoxy) is 1. The Kier molecular flexibility index (Phi) is 6.82. The van der Waals surface area contributed by atoms with Crippen LogP contribution in [0.4, 0.5) is 0 Å². The van der Waals surface area contributed by atoms with Crippen molar-refractivity contribution in [3.8, 4) is 6.07 Å². The van der Waals surface area contributed by atoms with E-state index < -0.39 is 0 Å². The molecule has 0 saturated heterocycles. The lowest BCUT2D eigenvalue weighted by atomic mass is 9.93. The predicted octanol–water partition coefficient (Wildman–Crippen LogP) is 2.52. The van der Waals surface area contributed by atoms with E-state index in [0.29, 0.717) is 12.5 Å². The van der Waals surface area contributed by atoms with Gasteiger partial charge in [0.25, 0.3) is 0 Å². The van der Waals surface area contributed by atoms with Crippen LogP contribution in [0.2, 0.25) is 0 Å². The highest BCUT2D eigenvalue weighted by Crippen LogP contribution is 2.17. The van der Waals surface area contributed by atoms with Gasteiger partial charge in [0.15, 0.2) is 0 Å². The second-order valence-corrected chi connectivity index (χ2v) is 3.58. The molecular weight excluding hydrogens is 178 g/mol. The smallest absolute Gasteiger partial charge is 0.307 e. The average molecular weight is 197 g/mol. The van der Waals surface area contributed by atoms with E-state index in [1.54, 1.807) is 6.92 Å². The van der Waals surface area contributed by atoms with Crippen molar-refractivity contribution in [2.24, 2.45) is 11.8 Å². The van der Waals surface area contributed by atoms with E-state index in [4.69, 9.17) is 10.00 Å². The summed E-state index contributed by atoms with van der Waals surface area (Å²) in [4.78, 5) is 11.1. The molecule has 0 radical (unpaired) electrons. The largest absolute Gasteiger partial charge is 0.466 e. The van der Waals surface area contributed by atoms with Crippen molar-refractivity contribution in [2.75, 3.05) is 6.61 Å². The fourth-order valence-corrected chi connectivity index (χ4v) is 1.26. The normalized spacial score (nSPS) is 14.1. The maximum Gasteiger partial charge on any atom is 0.307 e. The Hall–Kier alpha value is -1.04. The summed E-state index contributed by atoms with van der Waals surface area (Å²) in [6, 6.07) is 2.16. The van der Waals surface area contributed by atoms with Crippen LogP contribution < -0.4 is 0 Å². The van der Waals surface area contributed by atoms with E-state index in [9.17, 15) is 4.79 Å². The molecule has 0 aromatic rings. The van der Waals surface area contributed by atoms with Crippen LogP contribution in [0.15, 0.2) is 0 Å². The van der Waals surface area contributed by atoms with Gasteiger partial charge in [0, 0.05) is 0 Å². The molecule has 14 heavy (non-hydrogen) atoms. The van der Waals surface area contributed by atoms with E-state index >= 15 is 0 Å². The number of hydrogen-bond donors (Lipinski definition) is 0. The van der Waals surface area contributed by atoms with Crippen LogP contribution in [0.1, 0.15) is 40.0 Å². The highest BCUT2D eigenvalue weighted by atomic mass is 16.5. The van der Waals surface area contributed by atoms with Gasteiger partial charge in [-0.05, 0) is 19.3 Å². The molecule has 0 rings (SSSR count). The molecule has 0 aliphatic rings. The Morgan fingerprint density at radius 1 is 1.50 bits per heavy atom. The summed E-state index contributed by atoms with van der Waals surface area (Å²) in [6.07, 6.45) is 2.06. The molecular formula is C11H19NO2. The molecule has 0 amide bonds. The molecule has 0 unspecified atom stereocenters. The van der Waals surface area contributed by atoms with Crippen LogP contribution in [0, 0.1) is 23.2 Å². The molecule has 3 heteroatoms. The van der Waals surface area contributed by atoms with Gasteiger partial charge in [0.05, 0.1) is 25.0 Å². The van der Waals surface area contributed by atoms with Gasteiger partial charge < -0.3 is 4.74 Å². The first-order valence-corrected chi connectivity index (χ1v) is 5.19. The first-order valence-electron chi connectivity index (χ1n) is 5.19. The van der Waals surface area contributed by atoms with E-state index in [2.05, 4.69) is 19.9 Å². The summed E-state index contributed by atoms with van der Waals surface area (Å²) >= 11 is 0. The second kappa shape index (κ2) is 7.37. The van der Waals surface area contributed by atoms with Gasteiger partial charge in [0.2, 0.25) is 0 Å². The molecule has 0 aliphatic carbocycles. The Bertz CT molecular complexity index is 208. The van der Waals surface area contributed by atoms with Gasteiger partial charge in [-0.15, -0.1) is 0 Å². The van der Waals surface area contributed by atoms with Crippen LogP contribution in [-0.2, 0) is 9.53 Å². The van der Waals surface area contributed by atoms with Crippen LogP contribution in [0.25, 0.3) is 0 Å². The molecule has 0 bridgehead atoms. The lowest BCUT2D eigenvalue weighted by Gasteiger charge is -2.12. The quantitative estimate of drug-likeness (QED) is 0.615. The summed E-state index contributed by atoms with van der Waals surface area (Å²) in [5.74, 6) is 0.0421. The zero-order chi connectivity index (χ0) is 11.0. The molecule has 0 fully saturated rings. The van der Waals surface area contributed by atoms with Crippen LogP contribution in [0.3, 0.4) is 0 Å². The number of hydrogen-bond acceptors (Lipinski definition) is 3. The number of rotatable bonds is 6. The maximum absolute atomic E-state index is 11.1. The van der Waals surface area contributed by atoms with Crippen molar-refractivity contribution in [2.45, 2.75) is 40.0 Å². The standard InChI is InChI=1S/C11H19NO2/c1-4-9(3)6-10(8-12)7-11(13)14-5-2/h9-10H,4-7H2,1-3H3/t9-,10+/m1/s1. The van der Waals surface area contributed by atoms with E-state index in [1.165, 1.54) is 0 Å². The third-order valence-electron chi connectivity index (χ3n) is 2.28. The molecule has 0 saturated carbocycles. The highest BCUT2D eigenvalue weighted by Gasteiger charge is 2.16. The van der Waals surface area contributed by atoms with Gasteiger partial charge in [-0.1, -0.05) is 20.3 Å². The average Bonchev–Trinajstić information content (AvgIpc) is 2.16. The van der Waals surface area contributed by atoms with Crippen molar-refractivity contribution in [3.63, 3.8) is 0 Å². The molecule has 0 aromatic carbocycles. The molecule has 0 heterocycles. The molecule has 3 nitrogen and oxygen atoms in total. The zero-order valence-electron chi connectivity index (χ0n) is 9.25. The van der Waals surface area contributed by atoms with Crippen molar-refractivity contribution in [1.82, 2.24) is 0 Å². The Balaban J connectivity index is 3.92. The SMILES string of the molecule is CCOC(=O)C[C@@H](C#N)C[C@H](C)CC. The van der Waals surface area contributed by atoms with Gasteiger partial charge in [-0.2, -0.15) is 5.26 Å². The third kappa shape index (κ3) is 5.58. The number of carbonyl (C=O) groups excluding carboxylic acids is 1. The summed E-state index contributed by atoms with van der Waals surface area (Å²) in [5.41, 5.74) is 0. The number of carbonyl (C=O) groups is 1. The monoisotopic (exact) mass is 197 g/mol. The van der Waals surface area contributed by atoms with Gasteiger partial charge >= 0.3 is 5.97 Å². The van der Waals surface area contributed by atoms with Crippen LogP contribution in [0.5, 0.6) is 0 Å². The summed E-state index contributed by atoms with van der Waals surface area (Å²) < 4.78 is 4.80. The third-order valence-corrected chi connectivity index (χ3v) is 2.28. The van der Waals surface area contributed by atoms with Crippen molar-refractivity contribution >= 4 is 5.97 Å². The number of nitrogens with zero attached hydrogens (tertiary/aromatic N) is 1. The fraction of sp³-hybridized carbons (Fsp3) is 0.818. The zero-order valence-corrected chi connectivity index (χ0v) is 9.25. The summed E-state index contributed by atoms with van der Waals surface area (Å²) in [6.45, 7) is 6.34. The van der Waals surface area contributed by atoms with Gasteiger partial charge in [-0.3, -0.25) is 4.79 Å². The summed E-state index contributed by atoms with van der Waals surface area (Å²) in [5, 5.41) is 8.83. The van der Waals surface area contributed by atoms with E-state index in [1.807, 2.05) is 0 Å². The summed E-state index contributed by atoms with van der Waals surface area (Å²) in [7, 11) is 0. The number of nitriles is 1. The highest BCUT2D eigenvalue weighted by molar-refractivity contribution is 5.70. The number of esters is 1. The second-order valence-electron chi connectivity index (χ2n) is 3.58. The predicted molar refractivity (Wildman–Crippen MR) is 54.4 cm³/mol.